The number of aliphatic hydroxyl groups is 2. The van der Waals surface area contributed by atoms with Crippen molar-refractivity contribution in [3.05, 3.63) is 34.3 Å². The summed E-state index contributed by atoms with van der Waals surface area (Å²) < 4.78 is 34.0. The second-order valence-electron chi connectivity index (χ2n) is 4.94. The van der Waals surface area contributed by atoms with Crippen molar-refractivity contribution in [2.24, 2.45) is 5.11 Å². The summed E-state index contributed by atoms with van der Waals surface area (Å²) in [5.74, 6) is -0.166. The van der Waals surface area contributed by atoms with Gasteiger partial charge >= 0.3 is 6.08 Å². The first-order chi connectivity index (χ1) is 10.9. The number of ether oxygens (including phenoxy) is 1. The van der Waals surface area contributed by atoms with Crippen LogP contribution in [-0.2, 0) is 4.74 Å². The van der Waals surface area contributed by atoms with Gasteiger partial charge in [-0.3, -0.25) is 0 Å². The van der Waals surface area contributed by atoms with Gasteiger partial charge in [-0.1, -0.05) is 5.11 Å². The first-order valence-electron chi connectivity index (χ1n) is 6.41. The highest BCUT2D eigenvalue weighted by Gasteiger charge is 2.56. The number of halogens is 2. The molecule has 0 saturated carbocycles. The van der Waals surface area contributed by atoms with E-state index >= 15 is 0 Å². The molecule has 122 valence electrons. The van der Waals surface area contributed by atoms with Crippen molar-refractivity contribution in [2.45, 2.75) is 24.1 Å². The monoisotopic (exact) mass is 327 g/mol. The number of hydrogen-bond donors (Lipinski definition) is 3. The van der Waals surface area contributed by atoms with Crippen molar-refractivity contribution in [1.29, 1.82) is 0 Å². The summed E-state index contributed by atoms with van der Waals surface area (Å²) in [6, 6.07) is 2.77. The van der Waals surface area contributed by atoms with Crippen LogP contribution < -0.4 is 5.73 Å². The van der Waals surface area contributed by atoms with Crippen molar-refractivity contribution in [3.8, 4) is 0 Å². The van der Waals surface area contributed by atoms with Crippen molar-refractivity contribution in [1.82, 2.24) is 14.6 Å². The third-order valence-corrected chi connectivity index (χ3v) is 3.66. The van der Waals surface area contributed by atoms with Crippen LogP contribution in [0.25, 0.3) is 16.0 Å². The van der Waals surface area contributed by atoms with Crippen LogP contribution >= 0.6 is 0 Å². The average molecular weight is 327 g/mol. The highest BCUT2D eigenvalue weighted by Crippen LogP contribution is 2.43. The van der Waals surface area contributed by atoms with Gasteiger partial charge in [0, 0.05) is 4.91 Å². The SMILES string of the molecule is [N-]=[N+]=NC1(CO)O[C@@H](c2ccc3c(N)nc(F)nn23)[C@H](F)[C@@H]1O. The number of nitrogens with two attached hydrogens (primary N) is 1. The number of aliphatic hydroxyl groups excluding tert-OH is 2. The molecule has 1 fully saturated rings. The third kappa shape index (κ3) is 2.16. The van der Waals surface area contributed by atoms with Crippen LogP contribution in [0.5, 0.6) is 0 Å². The van der Waals surface area contributed by atoms with Crippen LogP contribution in [0.3, 0.4) is 0 Å². The Labute approximate surface area is 126 Å². The Hall–Kier alpha value is -2.53. The number of rotatable bonds is 3. The summed E-state index contributed by atoms with van der Waals surface area (Å²) in [5.41, 5.74) is 12.1. The fraction of sp³-hybridized carbons (Fsp3) is 0.455. The van der Waals surface area contributed by atoms with Crippen LogP contribution in [0.4, 0.5) is 14.6 Å². The number of anilines is 1. The Kier molecular flexibility index (Phi) is 3.53. The molecule has 3 rings (SSSR count). The number of alkyl halides is 1. The van der Waals surface area contributed by atoms with Crippen molar-refractivity contribution in [2.75, 3.05) is 12.3 Å². The number of fused-ring (bicyclic) bond motifs is 1. The largest absolute Gasteiger partial charge is 0.393 e. The minimum atomic E-state index is -2.18. The molecule has 0 amide bonds. The van der Waals surface area contributed by atoms with Gasteiger partial charge < -0.3 is 20.7 Å². The molecule has 10 nitrogen and oxygen atoms in total. The predicted octanol–water partition coefficient (Wildman–Crippen LogP) is 0.220. The quantitative estimate of drug-likeness (QED) is 0.416. The van der Waals surface area contributed by atoms with E-state index in [0.29, 0.717) is 0 Å². The fourth-order valence-corrected chi connectivity index (χ4v) is 2.54. The fourth-order valence-electron chi connectivity index (χ4n) is 2.54. The molecule has 1 unspecified atom stereocenters. The van der Waals surface area contributed by atoms with E-state index in [-0.39, 0.29) is 17.0 Å². The molecule has 1 saturated heterocycles. The number of azide groups is 1. The molecule has 0 bridgehead atoms. The van der Waals surface area contributed by atoms with E-state index in [9.17, 15) is 19.0 Å². The molecule has 23 heavy (non-hydrogen) atoms. The molecule has 3 heterocycles. The Morgan fingerprint density at radius 1 is 1.57 bits per heavy atom. The summed E-state index contributed by atoms with van der Waals surface area (Å²) in [7, 11) is 0. The van der Waals surface area contributed by atoms with Gasteiger partial charge in [-0.05, 0) is 17.7 Å². The van der Waals surface area contributed by atoms with E-state index < -0.39 is 36.8 Å². The standard InChI is InChI=1S/C11H11F2N7O3/c12-6-7(23-11(3-21,8(6)22)18-19-15)4-1-2-5-9(14)16-10(13)17-20(4)5/h1-2,6-8,21-22H,3H2,(H2,14,16,17)/t6-,7-,8-,11?/m0/s1. The maximum Gasteiger partial charge on any atom is 0.327 e. The average Bonchev–Trinajstić information content (AvgIpc) is 3.03. The van der Waals surface area contributed by atoms with Crippen LogP contribution in [-0.4, -0.2) is 49.4 Å². The van der Waals surface area contributed by atoms with Crippen LogP contribution in [0.1, 0.15) is 11.8 Å². The molecular formula is C11H11F2N7O3. The number of aromatic nitrogens is 3. The highest BCUT2D eigenvalue weighted by molar-refractivity contribution is 5.65. The molecular weight excluding hydrogens is 316 g/mol. The maximum absolute atomic E-state index is 14.4. The number of nitrogens with zero attached hydrogens (tertiary/aromatic N) is 6. The van der Waals surface area contributed by atoms with E-state index in [0.717, 1.165) is 4.52 Å². The summed E-state index contributed by atoms with van der Waals surface area (Å²) >= 11 is 0. The molecule has 2 aromatic rings. The smallest absolute Gasteiger partial charge is 0.327 e. The van der Waals surface area contributed by atoms with Crippen LogP contribution in [0.2, 0.25) is 0 Å². The van der Waals surface area contributed by atoms with Crippen LogP contribution in [0.15, 0.2) is 17.2 Å². The van der Waals surface area contributed by atoms with E-state index in [1.165, 1.54) is 12.1 Å². The molecule has 2 aromatic heterocycles. The van der Waals surface area contributed by atoms with Crippen LogP contribution in [0, 0.1) is 6.08 Å². The summed E-state index contributed by atoms with van der Waals surface area (Å²) in [6.07, 6.45) is -6.56. The molecule has 0 aromatic carbocycles. The van der Waals surface area contributed by atoms with Gasteiger partial charge in [-0.15, -0.1) is 5.10 Å². The normalized spacial score (nSPS) is 30.5. The lowest BCUT2D eigenvalue weighted by molar-refractivity contribution is -0.108. The molecule has 1 aliphatic heterocycles. The molecule has 4 atom stereocenters. The number of hydrogen-bond acceptors (Lipinski definition) is 7. The van der Waals surface area contributed by atoms with Crippen molar-refractivity contribution >= 4 is 11.3 Å². The van der Waals surface area contributed by atoms with Gasteiger partial charge in [0.2, 0.25) is 0 Å². The van der Waals surface area contributed by atoms with Gasteiger partial charge in [-0.2, -0.15) is 9.37 Å². The van der Waals surface area contributed by atoms with E-state index in [4.69, 9.17) is 16.0 Å². The first kappa shape index (κ1) is 15.4. The lowest BCUT2D eigenvalue weighted by Gasteiger charge is -2.23. The number of nitrogen functional groups attached to an aromatic ring is 1. The summed E-state index contributed by atoms with van der Waals surface area (Å²) in [6.45, 7) is -0.941. The molecule has 12 heteroatoms. The zero-order chi connectivity index (χ0) is 16.8. The lowest BCUT2D eigenvalue weighted by Crippen LogP contribution is -2.43. The minimum Gasteiger partial charge on any atom is -0.393 e. The zero-order valence-electron chi connectivity index (χ0n) is 11.4. The Balaban J connectivity index is 2.11. The van der Waals surface area contributed by atoms with E-state index in [2.05, 4.69) is 20.1 Å². The molecule has 0 aliphatic carbocycles. The third-order valence-electron chi connectivity index (χ3n) is 3.66. The molecule has 4 N–H and O–H groups in total. The van der Waals surface area contributed by atoms with Gasteiger partial charge in [0.15, 0.2) is 17.7 Å². The highest BCUT2D eigenvalue weighted by atomic mass is 19.1. The first-order valence-corrected chi connectivity index (χ1v) is 6.41. The second kappa shape index (κ2) is 5.28. The maximum atomic E-state index is 14.4. The van der Waals surface area contributed by atoms with E-state index in [1.807, 2.05) is 0 Å². The Morgan fingerprint density at radius 3 is 2.96 bits per heavy atom. The van der Waals surface area contributed by atoms with Gasteiger partial charge in [0.25, 0.3) is 0 Å². The second-order valence-corrected chi connectivity index (χ2v) is 4.94. The van der Waals surface area contributed by atoms with Crippen molar-refractivity contribution < 1.29 is 23.7 Å². The minimum absolute atomic E-state index is 0.0167. The summed E-state index contributed by atoms with van der Waals surface area (Å²) in [4.78, 5) is 5.79. The molecule has 0 spiro atoms. The van der Waals surface area contributed by atoms with Crippen molar-refractivity contribution in [3.63, 3.8) is 0 Å². The topological polar surface area (TPSA) is 155 Å². The zero-order valence-corrected chi connectivity index (χ0v) is 11.4. The molecule has 0 radical (unpaired) electrons. The van der Waals surface area contributed by atoms with Gasteiger partial charge in [-0.25, -0.2) is 8.91 Å². The predicted molar refractivity (Wildman–Crippen MR) is 71.0 cm³/mol. The van der Waals surface area contributed by atoms with Gasteiger partial charge in [0.05, 0.1) is 12.3 Å². The summed E-state index contributed by atoms with van der Waals surface area (Å²) in [5, 5.41) is 25.9. The van der Waals surface area contributed by atoms with E-state index in [1.54, 1.807) is 0 Å². The lowest BCUT2D eigenvalue weighted by atomic mass is 10.0. The van der Waals surface area contributed by atoms with Gasteiger partial charge in [0.1, 0.15) is 17.7 Å². The molecule has 1 aliphatic rings. The Bertz CT molecular complexity index is 808. The Morgan fingerprint density at radius 2 is 2.30 bits per heavy atom.